The van der Waals surface area contributed by atoms with Crippen molar-refractivity contribution in [2.45, 2.75) is 72.4 Å². The molecule has 130 valence electrons. The van der Waals surface area contributed by atoms with Crippen LogP contribution in [0.5, 0.6) is 0 Å². The molecule has 0 amide bonds. The lowest BCUT2D eigenvalue weighted by Gasteiger charge is -2.33. The molecule has 0 aliphatic carbocycles. The molecule has 0 aromatic carbocycles. The Hall–Kier alpha value is -0.830. The van der Waals surface area contributed by atoms with Crippen LogP contribution in [-0.2, 0) is 9.53 Å². The van der Waals surface area contributed by atoms with Gasteiger partial charge in [-0.3, -0.25) is 4.90 Å². The molecule has 0 aromatic heterocycles. The number of nitrogens with one attached hydrogen (secondary N) is 1. The summed E-state index contributed by atoms with van der Waals surface area (Å²) < 4.78 is 5.88. The van der Waals surface area contributed by atoms with Crippen molar-refractivity contribution < 1.29 is 9.53 Å². The lowest BCUT2D eigenvalue weighted by molar-refractivity contribution is -0.0188. The maximum Gasteiger partial charge on any atom is 0.141 e. The van der Waals surface area contributed by atoms with Gasteiger partial charge in [0.25, 0.3) is 0 Å². The van der Waals surface area contributed by atoms with Crippen LogP contribution in [0.1, 0.15) is 60.8 Å². The van der Waals surface area contributed by atoms with Crippen LogP contribution >= 0.6 is 0 Å². The van der Waals surface area contributed by atoms with Crippen LogP contribution in [0.3, 0.4) is 0 Å². The maximum absolute atomic E-state index is 10.2. The Bertz CT molecular complexity index is 320. The molecule has 22 heavy (non-hydrogen) atoms. The van der Waals surface area contributed by atoms with Gasteiger partial charge in [0.15, 0.2) is 0 Å². The summed E-state index contributed by atoms with van der Waals surface area (Å²) in [4.78, 5) is 12.7. The second-order valence-corrected chi connectivity index (χ2v) is 7.02. The maximum atomic E-state index is 10.2. The number of carbonyl (C=O) groups excluding carboxylic acids is 1. The Labute approximate surface area is 137 Å². The molecule has 0 radical (unpaired) electrons. The summed E-state index contributed by atoms with van der Waals surface area (Å²) in [5, 5.41) is 2.99. The Kier molecular flexibility index (Phi) is 11.3. The van der Waals surface area contributed by atoms with E-state index in [0.29, 0.717) is 6.04 Å². The van der Waals surface area contributed by atoms with Crippen molar-refractivity contribution in [3.8, 4) is 0 Å². The quantitative estimate of drug-likeness (QED) is 0.444. The van der Waals surface area contributed by atoms with Crippen molar-refractivity contribution >= 4 is 5.94 Å². The van der Waals surface area contributed by atoms with Gasteiger partial charge in [0.2, 0.25) is 0 Å². The van der Waals surface area contributed by atoms with Gasteiger partial charge < -0.3 is 10.1 Å². The first-order chi connectivity index (χ1) is 10.3. The Balaban J connectivity index is 4.54. The van der Waals surface area contributed by atoms with E-state index in [4.69, 9.17) is 4.74 Å². The number of rotatable bonds is 12. The van der Waals surface area contributed by atoms with Crippen LogP contribution in [0, 0.1) is 5.92 Å². The Morgan fingerprint density at radius 1 is 1.23 bits per heavy atom. The normalized spacial score (nSPS) is 14.5. The molecule has 0 saturated carbocycles. The number of hydrogen-bond donors (Lipinski definition) is 1. The van der Waals surface area contributed by atoms with Gasteiger partial charge in [-0.25, -0.2) is 4.79 Å². The number of nitrogens with zero attached hydrogens (tertiary/aromatic N) is 1. The van der Waals surface area contributed by atoms with Gasteiger partial charge in [-0.05, 0) is 39.5 Å². The molecule has 0 fully saturated rings. The second kappa shape index (κ2) is 11.7. The predicted molar refractivity (Wildman–Crippen MR) is 93.7 cm³/mol. The third kappa shape index (κ3) is 10.8. The van der Waals surface area contributed by atoms with Gasteiger partial charge in [0, 0.05) is 25.7 Å². The number of hydrogen-bond acceptors (Lipinski definition) is 4. The highest BCUT2D eigenvalue weighted by Gasteiger charge is 2.19. The van der Waals surface area contributed by atoms with Crippen molar-refractivity contribution in [3.05, 3.63) is 6.20 Å². The molecule has 0 heterocycles. The average Bonchev–Trinajstić information content (AvgIpc) is 2.46. The SMILES string of the molecule is CCC(C)CC(CC)N(CCNC=C=O)CCOC(C)(C)C. The van der Waals surface area contributed by atoms with Crippen molar-refractivity contribution in [2.75, 3.05) is 26.2 Å². The highest BCUT2D eigenvalue weighted by atomic mass is 16.5. The fourth-order valence-corrected chi connectivity index (χ4v) is 2.47. The fraction of sp³-hybridized carbons (Fsp3) is 0.889. The summed E-state index contributed by atoms with van der Waals surface area (Å²) in [6.07, 6.45) is 4.92. The molecule has 2 unspecified atom stereocenters. The van der Waals surface area contributed by atoms with E-state index in [1.807, 2.05) is 0 Å². The van der Waals surface area contributed by atoms with Crippen LogP contribution in [0.15, 0.2) is 6.20 Å². The van der Waals surface area contributed by atoms with Crippen LogP contribution in [0.2, 0.25) is 0 Å². The minimum atomic E-state index is -0.0946. The zero-order chi connectivity index (χ0) is 17.0. The molecule has 2 atom stereocenters. The van der Waals surface area contributed by atoms with E-state index in [-0.39, 0.29) is 5.60 Å². The monoisotopic (exact) mass is 312 g/mol. The lowest BCUT2D eigenvalue weighted by atomic mass is 9.96. The molecule has 4 nitrogen and oxygen atoms in total. The standard InChI is InChI=1S/C18H36N2O2/c1-7-16(3)15-17(8-2)20(11-9-19-10-13-21)12-14-22-18(4,5)6/h10,16-17,19H,7-9,11-12,14-15H2,1-6H3. The molecular weight excluding hydrogens is 276 g/mol. The molecule has 0 aromatic rings. The lowest BCUT2D eigenvalue weighted by Crippen LogP contribution is -2.42. The van der Waals surface area contributed by atoms with Crippen molar-refractivity contribution in [2.24, 2.45) is 5.92 Å². The van der Waals surface area contributed by atoms with E-state index in [0.717, 1.165) is 38.6 Å². The molecule has 0 aliphatic heterocycles. The number of ether oxygens (including phenoxy) is 1. The van der Waals surface area contributed by atoms with Gasteiger partial charge in [-0.15, -0.1) is 0 Å². The van der Waals surface area contributed by atoms with Crippen LogP contribution in [-0.4, -0.2) is 48.7 Å². The molecule has 0 rings (SSSR count). The van der Waals surface area contributed by atoms with Gasteiger partial charge in [0.05, 0.1) is 18.4 Å². The first kappa shape index (κ1) is 21.2. The summed E-state index contributed by atoms with van der Waals surface area (Å²) in [5.41, 5.74) is -0.0946. The van der Waals surface area contributed by atoms with Crippen LogP contribution in [0.4, 0.5) is 0 Å². The zero-order valence-corrected chi connectivity index (χ0v) is 15.4. The minimum Gasteiger partial charge on any atom is -0.381 e. The summed E-state index contributed by atoms with van der Waals surface area (Å²) in [6.45, 7) is 16.4. The van der Waals surface area contributed by atoms with Crippen molar-refractivity contribution in [3.63, 3.8) is 0 Å². The summed E-state index contributed by atoms with van der Waals surface area (Å²) in [6, 6.07) is 0.570. The molecule has 1 N–H and O–H groups in total. The van der Waals surface area contributed by atoms with Crippen molar-refractivity contribution in [1.29, 1.82) is 0 Å². The van der Waals surface area contributed by atoms with Crippen LogP contribution < -0.4 is 5.32 Å². The van der Waals surface area contributed by atoms with E-state index < -0.39 is 0 Å². The Morgan fingerprint density at radius 2 is 1.91 bits per heavy atom. The first-order valence-electron chi connectivity index (χ1n) is 8.64. The summed E-state index contributed by atoms with van der Waals surface area (Å²) >= 11 is 0. The fourth-order valence-electron chi connectivity index (χ4n) is 2.47. The molecular formula is C18H36N2O2. The van der Waals surface area contributed by atoms with Crippen molar-refractivity contribution in [1.82, 2.24) is 10.2 Å². The largest absolute Gasteiger partial charge is 0.381 e. The van der Waals surface area contributed by atoms with Gasteiger partial charge >= 0.3 is 0 Å². The zero-order valence-electron chi connectivity index (χ0n) is 15.4. The topological polar surface area (TPSA) is 41.6 Å². The Morgan fingerprint density at radius 3 is 2.41 bits per heavy atom. The van der Waals surface area contributed by atoms with Gasteiger partial charge in [0.1, 0.15) is 5.94 Å². The van der Waals surface area contributed by atoms with E-state index >= 15 is 0 Å². The van der Waals surface area contributed by atoms with E-state index in [9.17, 15) is 4.79 Å². The minimum absolute atomic E-state index is 0.0946. The summed E-state index contributed by atoms with van der Waals surface area (Å²) in [5.74, 6) is 2.49. The molecule has 0 aliphatic rings. The van der Waals surface area contributed by atoms with E-state index in [2.05, 4.69) is 51.8 Å². The van der Waals surface area contributed by atoms with Gasteiger partial charge in [-0.1, -0.05) is 27.2 Å². The van der Waals surface area contributed by atoms with Crippen LogP contribution in [0.25, 0.3) is 0 Å². The third-order valence-corrected chi connectivity index (χ3v) is 3.98. The smallest absolute Gasteiger partial charge is 0.141 e. The van der Waals surface area contributed by atoms with Gasteiger partial charge in [-0.2, -0.15) is 0 Å². The molecule has 0 bridgehead atoms. The molecule has 0 saturated heterocycles. The summed E-state index contributed by atoms with van der Waals surface area (Å²) in [7, 11) is 0. The first-order valence-corrected chi connectivity index (χ1v) is 8.64. The second-order valence-electron chi connectivity index (χ2n) is 7.02. The molecule has 0 spiro atoms. The van der Waals surface area contributed by atoms with E-state index in [1.54, 1.807) is 5.94 Å². The van der Waals surface area contributed by atoms with E-state index in [1.165, 1.54) is 19.0 Å². The highest BCUT2D eigenvalue weighted by molar-refractivity contribution is 5.43. The third-order valence-electron chi connectivity index (χ3n) is 3.98. The highest BCUT2D eigenvalue weighted by Crippen LogP contribution is 2.17. The molecule has 4 heteroatoms. The average molecular weight is 312 g/mol. The predicted octanol–water partition coefficient (Wildman–Crippen LogP) is 3.25.